The van der Waals surface area contributed by atoms with Crippen LogP contribution in [0.2, 0.25) is 0 Å². The zero-order chi connectivity index (χ0) is 22.4. The van der Waals surface area contributed by atoms with Crippen LogP contribution >= 0.6 is 23.1 Å². The van der Waals surface area contributed by atoms with E-state index in [-0.39, 0.29) is 29.0 Å². The molecule has 0 unspecified atom stereocenters. The summed E-state index contributed by atoms with van der Waals surface area (Å²) >= 11 is 2.60. The van der Waals surface area contributed by atoms with Gasteiger partial charge in [0.25, 0.3) is 5.56 Å². The van der Waals surface area contributed by atoms with Crippen LogP contribution in [0, 0.1) is 5.82 Å². The first-order chi connectivity index (χ1) is 15.4. The zero-order valence-corrected chi connectivity index (χ0v) is 18.1. The summed E-state index contributed by atoms with van der Waals surface area (Å²) in [6, 6.07) is 7.97. The molecule has 0 amide bonds. The summed E-state index contributed by atoms with van der Waals surface area (Å²) in [4.78, 5) is 48.8. The number of nitrogens with one attached hydrogen (secondary N) is 1. The Labute approximate surface area is 188 Å². The van der Waals surface area contributed by atoms with Crippen LogP contribution in [0.5, 0.6) is 0 Å². The SMILES string of the molecule is Nc1c(C(=O)CSc2ncnc3cc(-c4ccc(F)cc4)sc23)c(=O)[nH]c(=O)n1C1CC1. The van der Waals surface area contributed by atoms with Crippen molar-refractivity contribution in [2.24, 2.45) is 0 Å². The second-order valence-corrected chi connectivity index (χ2v) is 9.36. The third-order valence-electron chi connectivity index (χ3n) is 5.12. The van der Waals surface area contributed by atoms with E-state index in [4.69, 9.17) is 5.73 Å². The van der Waals surface area contributed by atoms with Gasteiger partial charge in [-0.15, -0.1) is 11.3 Å². The van der Waals surface area contributed by atoms with Crippen LogP contribution in [0.1, 0.15) is 29.2 Å². The Balaban J connectivity index is 1.43. The quantitative estimate of drug-likeness (QED) is 0.252. The number of H-pyrrole nitrogens is 1. The van der Waals surface area contributed by atoms with Gasteiger partial charge in [-0.1, -0.05) is 23.9 Å². The molecule has 4 aromatic rings. The number of anilines is 1. The molecule has 0 saturated heterocycles. The van der Waals surface area contributed by atoms with Crippen LogP contribution < -0.4 is 17.0 Å². The number of hydrogen-bond donors (Lipinski definition) is 2. The number of nitrogens with zero attached hydrogens (tertiary/aromatic N) is 3. The van der Waals surface area contributed by atoms with Crippen LogP contribution in [-0.2, 0) is 0 Å². The fourth-order valence-electron chi connectivity index (χ4n) is 3.43. The topological polar surface area (TPSA) is 124 Å². The Morgan fingerprint density at radius 2 is 2.00 bits per heavy atom. The molecule has 0 aliphatic heterocycles. The van der Waals surface area contributed by atoms with Gasteiger partial charge in [-0.05, 0) is 36.6 Å². The molecule has 11 heteroatoms. The maximum Gasteiger partial charge on any atom is 0.330 e. The zero-order valence-electron chi connectivity index (χ0n) is 16.5. The van der Waals surface area contributed by atoms with Gasteiger partial charge in [0.2, 0.25) is 0 Å². The van der Waals surface area contributed by atoms with Crippen molar-refractivity contribution < 1.29 is 9.18 Å². The predicted octanol–water partition coefficient (Wildman–Crippen LogP) is 3.24. The van der Waals surface area contributed by atoms with Gasteiger partial charge >= 0.3 is 5.69 Å². The fourth-order valence-corrected chi connectivity index (χ4v) is 5.50. The van der Waals surface area contributed by atoms with Crippen molar-refractivity contribution in [2.45, 2.75) is 23.9 Å². The number of carbonyl (C=O) groups is 1. The summed E-state index contributed by atoms with van der Waals surface area (Å²) in [6.07, 6.45) is 2.98. The minimum Gasteiger partial charge on any atom is -0.384 e. The molecule has 8 nitrogen and oxygen atoms in total. The van der Waals surface area contributed by atoms with E-state index in [1.807, 2.05) is 6.07 Å². The molecule has 1 fully saturated rings. The van der Waals surface area contributed by atoms with Gasteiger partial charge < -0.3 is 5.73 Å². The second-order valence-electron chi connectivity index (χ2n) is 7.34. The number of ketones is 1. The average molecular weight is 470 g/mol. The molecule has 0 bridgehead atoms. The molecule has 0 radical (unpaired) electrons. The van der Waals surface area contributed by atoms with E-state index in [1.165, 1.54) is 46.1 Å². The number of nitrogen functional groups attached to an aromatic ring is 1. The Morgan fingerprint density at radius 1 is 1.25 bits per heavy atom. The molecule has 0 spiro atoms. The van der Waals surface area contributed by atoms with E-state index in [2.05, 4.69) is 15.0 Å². The maximum absolute atomic E-state index is 13.2. The molecule has 32 heavy (non-hydrogen) atoms. The average Bonchev–Trinajstić information content (AvgIpc) is 3.48. The minimum atomic E-state index is -0.780. The number of halogens is 1. The minimum absolute atomic E-state index is 0.0731. The van der Waals surface area contributed by atoms with Crippen molar-refractivity contribution in [3.63, 3.8) is 0 Å². The summed E-state index contributed by atoms with van der Waals surface area (Å²) < 4.78 is 15.3. The van der Waals surface area contributed by atoms with Crippen molar-refractivity contribution in [2.75, 3.05) is 11.5 Å². The van der Waals surface area contributed by atoms with E-state index < -0.39 is 17.0 Å². The molecule has 1 saturated carbocycles. The predicted molar refractivity (Wildman–Crippen MR) is 122 cm³/mol. The van der Waals surface area contributed by atoms with Crippen LogP contribution in [-0.4, -0.2) is 31.1 Å². The molecule has 0 atom stereocenters. The lowest BCUT2D eigenvalue weighted by molar-refractivity contribution is 0.102. The van der Waals surface area contributed by atoms with Gasteiger partial charge in [0, 0.05) is 10.9 Å². The Kier molecular flexibility index (Phi) is 5.14. The molecule has 5 rings (SSSR count). The van der Waals surface area contributed by atoms with Gasteiger partial charge in [0.1, 0.15) is 28.6 Å². The molecule has 1 aliphatic rings. The molecule has 3 aromatic heterocycles. The van der Waals surface area contributed by atoms with Crippen molar-refractivity contribution in [3.8, 4) is 10.4 Å². The van der Waals surface area contributed by atoms with E-state index in [9.17, 15) is 18.8 Å². The first kappa shape index (κ1) is 20.6. The number of thioether (sulfide) groups is 1. The number of Topliss-reactive ketones (excluding diaryl/α,β-unsaturated/α-hetero) is 1. The third kappa shape index (κ3) is 3.73. The first-order valence-corrected chi connectivity index (χ1v) is 11.5. The number of thiophene rings is 1. The summed E-state index contributed by atoms with van der Waals surface area (Å²) in [6.45, 7) is 0. The van der Waals surface area contributed by atoms with Gasteiger partial charge in [-0.2, -0.15) is 0 Å². The highest BCUT2D eigenvalue weighted by atomic mass is 32.2. The Hall–Kier alpha value is -3.31. The molecule has 3 N–H and O–H groups in total. The smallest absolute Gasteiger partial charge is 0.330 e. The molecule has 1 aliphatic carbocycles. The van der Waals surface area contributed by atoms with Crippen molar-refractivity contribution in [1.29, 1.82) is 0 Å². The van der Waals surface area contributed by atoms with Crippen LogP contribution in [0.25, 0.3) is 20.7 Å². The van der Waals surface area contributed by atoms with E-state index in [1.54, 1.807) is 12.1 Å². The Morgan fingerprint density at radius 3 is 2.72 bits per heavy atom. The van der Waals surface area contributed by atoms with Crippen molar-refractivity contribution in [1.82, 2.24) is 19.5 Å². The number of aromatic nitrogens is 4. The monoisotopic (exact) mass is 469 g/mol. The van der Waals surface area contributed by atoms with Gasteiger partial charge in [-0.25, -0.2) is 19.2 Å². The molecule has 162 valence electrons. The maximum atomic E-state index is 13.2. The van der Waals surface area contributed by atoms with E-state index in [0.717, 1.165) is 28.0 Å². The summed E-state index contributed by atoms with van der Waals surface area (Å²) in [7, 11) is 0. The van der Waals surface area contributed by atoms with Gasteiger partial charge in [0.05, 0.1) is 16.0 Å². The van der Waals surface area contributed by atoms with Crippen molar-refractivity contribution >= 4 is 44.9 Å². The van der Waals surface area contributed by atoms with Gasteiger partial charge in [0.15, 0.2) is 5.78 Å². The number of hydrogen-bond acceptors (Lipinski definition) is 8. The summed E-state index contributed by atoms with van der Waals surface area (Å²) in [5.41, 5.74) is 6.01. The summed E-state index contributed by atoms with van der Waals surface area (Å²) in [5.74, 6) is -0.960. The number of nitrogens with two attached hydrogens (primary N) is 1. The lowest BCUT2D eigenvalue weighted by atomic mass is 10.2. The number of aromatic amines is 1. The van der Waals surface area contributed by atoms with Crippen LogP contribution in [0.3, 0.4) is 0 Å². The van der Waals surface area contributed by atoms with E-state index >= 15 is 0 Å². The fraction of sp³-hybridized carbons (Fsp3) is 0.190. The number of rotatable bonds is 6. The normalized spacial score (nSPS) is 13.5. The first-order valence-electron chi connectivity index (χ1n) is 9.73. The van der Waals surface area contributed by atoms with Crippen molar-refractivity contribution in [3.05, 3.63) is 68.9 Å². The number of carbonyl (C=O) groups excluding carboxylic acids is 1. The highest BCUT2D eigenvalue weighted by Crippen LogP contribution is 2.38. The molecular weight excluding hydrogens is 453 g/mol. The second kappa shape index (κ2) is 7.99. The highest BCUT2D eigenvalue weighted by molar-refractivity contribution is 8.00. The molecular formula is C21H16FN5O3S2. The highest BCUT2D eigenvalue weighted by Gasteiger charge is 2.30. The number of benzene rings is 1. The molecule has 3 heterocycles. The van der Waals surface area contributed by atoms with Crippen LogP contribution in [0.4, 0.5) is 10.2 Å². The molecule has 1 aromatic carbocycles. The van der Waals surface area contributed by atoms with E-state index in [0.29, 0.717) is 10.5 Å². The third-order valence-corrected chi connectivity index (χ3v) is 7.42. The van der Waals surface area contributed by atoms with Gasteiger partial charge in [-0.3, -0.25) is 19.1 Å². The summed E-state index contributed by atoms with van der Waals surface area (Å²) in [5, 5.41) is 0.590. The largest absolute Gasteiger partial charge is 0.384 e. The number of fused-ring (bicyclic) bond motifs is 1. The standard InChI is InChI=1S/C21H16FN5O3S2/c22-11-3-1-10(2-4-11)15-7-13-17(32-15)20(25-9-24-13)31-8-14(28)16-18(23)27(12-5-6-12)21(30)26-19(16)29/h1-4,7,9,12H,5-6,8,23H2,(H,26,29,30). The van der Waals surface area contributed by atoms with Crippen LogP contribution in [0.15, 0.2) is 51.3 Å². The Bertz CT molecular complexity index is 1470. The lowest BCUT2D eigenvalue weighted by Gasteiger charge is -2.10. The lowest BCUT2D eigenvalue weighted by Crippen LogP contribution is -2.36.